The third-order valence-corrected chi connectivity index (χ3v) is 2.28. The summed E-state index contributed by atoms with van der Waals surface area (Å²) in [6.07, 6.45) is 0.00157. The third kappa shape index (κ3) is 4.06. The molecule has 0 bridgehead atoms. The fourth-order valence-electron chi connectivity index (χ4n) is 1.17. The van der Waals surface area contributed by atoms with Gasteiger partial charge >= 0.3 is 5.97 Å². The quantitative estimate of drug-likeness (QED) is 0.490. The number of amides is 3. The second kappa shape index (κ2) is 6.24. The van der Waals surface area contributed by atoms with Crippen molar-refractivity contribution in [3.63, 3.8) is 0 Å². The van der Waals surface area contributed by atoms with E-state index < -0.39 is 17.8 Å². The van der Waals surface area contributed by atoms with Crippen LogP contribution in [0.25, 0.3) is 0 Å². The molecule has 1 aliphatic rings. The molecule has 0 atom stereocenters. The van der Waals surface area contributed by atoms with Gasteiger partial charge in [-0.25, -0.2) is 4.79 Å². The van der Waals surface area contributed by atoms with Gasteiger partial charge in [0.1, 0.15) is 0 Å². The van der Waals surface area contributed by atoms with Crippen LogP contribution in [0, 0.1) is 0 Å². The van der Waals surface area contributed by atoms with Gasteiger partial charge in [0.15, 0.2) is 0 Å². The summed E-state index contributed by atoms with van der Waals surface area (Å²) >= 11 is 3.73. The molecule has 7 nitrogen and oxygen atoms in total. The number of hydrogen-bond donors (Lipinski definition) is 2. The maximum atomic E-state index is 11.2. The van der Waals surface area contributed by atoms with Crippen molar-refractivity contribution >= 4 is 36.3 Å². The molecule has 0 aromatic rings. The van der Waals surface area contributed by atoms with Crippen LogP contribution in [0.1, 0.15) is 19.3 Å². The molecule has 0 unspecified atom stereocenters. The molecule has 0 radical (unpaired) electrons. The number of hydrogen-bond acceptors (Lipinski definition) is 6. The molecule has 1 aliphatic heterocycles. The van der Waals surface area contributed by atoms with Gasteiger partial charge in [-0.3, -0.25) is 14.4 Å². The molecule has 8 heteroatoms. The Morgan fingerprint density at radius 3 is 2.41 bits per heavy atom. The molecule has 0 saturated carbocycles. The third-order valence-electron chi connectivity index (χ3n) is 1.99. The smallest absolute Gasteiger partial charge is 0.334 e. The lowest BCUT2D eigenvalue weighted by Crippen LogP contribution is -2.34. The molecule has 0 spiro atoms. The first kappa shape index (κ1) is 13.5. The van der Waals surface area contributed by atoms with Crippen molar-refractivity contribution in [3.05, 3.63) is 0 Å². The van der Waals surface area contributed by atoms with Crippen molar-refractivity contribution in [3.8, 4) is 0 Å². The minimum Gasteiger partial charge on any atom is -0.355 e. The lowest BCUT2D eigenvalue weighted by molar-refractivity contribution is -0.197. The highest BCUT2D eigenvalue weighted by atomic mass is 32.1. The summed E-state index contributed by atoms with van der Waals surface area (Å²) in [5.41, 5.74) is 0. The van der Waals surface area contributed by atoms with Crippen LogP contribution in [0.15, 0.2) is 0 Å². The van der Waals surface area contributed by atoms with E-state index in [0.29, 0.717) is 5.06 Å². The van der Waals surface area contributed by atoms with Crippen LogP contribution in [0.4, 0.5) is 0 Å². The highest BCUT2D eigenvalue weighted by Crippen LogP contribution is 2.12. The Balaban J connectivity index is 2.27. The van der Waals surface area contributed by atoms with E-state index in [-0.39, 0.29) is 37.5 Å². The lowest BCUT2D eigenvalue weighted by Gasteiger charge is -2.12. The van der Waals surface area contributed by atoms with E-state index in [9.17, 15) is 19.2 Å². The summed E-state index contributed by atoms with van der Waals surface area (Å²) in [6, 6.07) is 0. The minimum atomic E-state index is -0.743. The van der Waals surface area contributed by atoms with Gasteiger partial charge in [-0.15, -0.1) is 5.06 Å². The molecular weight excluding hydrogens is 248 g/mol. The molecule has 1 fully saturated rings. The molecule has 0 aliphatic carbocycles. The van der Waals surface area contributed by atoms with Crippen LogP contribution < -0.4 is 5.32 Å². The van der Waals surface area contributed by atoms with Gasteiger partial charge < -0.3 is 10.2 Å². The van der Waals surface area contributed by atoms with Crippen molar-refractivity contribution in [2.24, 2.45) is 0 Å². The Hall–Kier alpha value is -1.57. The standard InChI is InChI=1S/C9H12N2O5S/c12-6(5-17)10-4-3-9(15)16-11-7(13)1-2-8(11)14/h17H,1-5H2,(H,10,12). The number of nitrogens with zero attached hydrogens (tertiary/aromatic N) is 1. The normalized spacial score (nSPS) is 15.0. The van der Waals surface area contributed by atoms with Crippen molar-refractivity contribution in [1.82, 2.24) is 10.4 Å². The zero-order valence-electron chi connectivity index (χ0n) is 8.97. The monoisotopic (exact) mass is 260 g/mol. The van der Waals surface area contributed by atoms with E-state index in [1.54, 1.807) is 0 Å². The molecule has 94 valence electrons. The lowest BCUT2D eigenvalue weighted by atomic mass is 10.4. The van der Waals surface area contributed by atoms with Gasteiger partial charge in [0.25, 0.3) is 11.8 Å². The van der Waals surface area contributed by atoms with Gasteiger partial charge in [-0.05, 0) is 0 Å². The molecule has 3 amide bonds. The van der Waals surface area contributed by atoms with Crippen molar-refractivity contribution in [2.75, 3.05) is 12.3 Å². The SMILES string of the molecule is O=C(CS)NCCC(=O)ON1C(=O)CCC1=O. The molecule has 17 heavy (non-hydrogen) atoms. The summed E-state index contributed by atoms with van der Waals surface area (Å²) in [5.74, 6) is -2.08. The molecular formula is C9H12N2O5S. The molecule has 0 aromatic heterocycles. The molecule has 1 saturated heterocycles. The largest absolute Gasteiger partial charge is 0.355 e. The molecule has 0 aromatic carbocycles. The first-order valence-electron chi connectivity index (χ1n) is 4.98. The van der Waals surface area contributed by atoms with Crippen LogP contribution in [0.3, 0.4) is 0 Å². The summed E-state index contributed by atoms with van der Waals surface area (Å²) in [6.45, 7) is 0.0778. The van der Waals surface area contributed by atoms with Crippen LogP contribution in [0.2, 0.25) is 0 Å². The maximum absolute atomic E-state index is 11.2. The summed E-state index contributed by atoms with van der Waals surface area (Å²) in [4.78, 5) is 48.8. The predicted octanol–water partition coefficient (Wildman–Crippen LogP) is -0.970. The van der Waals surface area contributed by atoms with Crippen LogP contribution in [-0.2, 0) is 24.0 Å². The molecule has 1 rings (SSSR count). The van der Waals surface area contributed by atoms with E-state index in [4.69, 9.17) is 0 Å². The topological polar surface area (TPSA) is 92.8 Å². The fourth-order valence-corrected chi connectivity index (χ4v) is 1.28. The van der Waals surface area contributed by atoms with E-state index in [1.807, 2.05) is 0 Å². The van der Waals surface area contributed by atoms with Gasteiger partial charge in [-0.2, -0.15) is 12.6 Å². The van der Waals surface area contributed by atoms with Crippen LogP contribution in [-0.4, -0.2) is 41.1 Å². The van der Waals surface area contributed by atoms with E-state index in [1.165, 1.54) is 0 Å². The number of carbonyl (C=O) groups is 4. The number of hydroxylamine groups is 2. The van der Waals surface area contributed by atoms with Crippen molar-refractivity contribution in [2.45, 2.75) is 19.3 Å². The zero-order chi connectivity index (χ0) is 12.8. The highest BCUT2D eigenvalue weighted by molar-refractivity contribution is 7.81. The van der Waals surface area contributed by atoms with E-state index in [0.717, 1.165) is 0 Å². The van der Waals surface area contributed by atoms with Gasteiger partial charge in [0, 0.05) is 19.4 Å². The fraction of sp³-hybridized carbons (Fsp3) is 0.556. The number of imide groups is 1. The first-order chi connectivity index (χ1) is 8.04. The van der Waals surface area contributed by atoms with E-state index >= 15 is 0 Å². The van der Waals surface area contributed by atoms with Crippen molar-refractivity contribution in [1.29, 1.82) is 0 Å². The van der Waals surface area contributed by atoms with Crippen LogP contribution >= 0.6 is 12.6 Å². The highest BCUT2D eigenvalue weighted by Gasteiger charge is 2.32. The molecule has 1 heterocycles. The average Bonchev–Trinajstić information content (AvgIpc) is 2.60. The van der Waals surface area contributed by atoms with Gasteiger partial charge in [-0.1, -0.05) is 0 Å². The number of rotatable bonds is 5. The summed E-state index contributed by atoms with van der Waals surface area (Å²) in [5, 5.41) is 2.88. The average molecular weight is 260 g/mol. The zero-order valence-corrected chi connectivity index (χ0v) is 9.87. The Bertz CT molecular complexity index is 341. The second-order valence-electron chi connectivity index (χ2n) is 3.30. The van der Waals surface area contributed by atoms with E-state index in [2.05, 4.69) is 22.8 Å². The van der Waals surface area contributed by atoms with Gasteiger partial charge in [0.2, 0.25) is 5.91 Å². The first-order valence-corrected chi connectivity index (χ1v) is 5.62. The summed E-state index contributed by atoms with van der Waals surface area (Å²) < 4.78 is 0. The Morgan fingerprint density at radius 2 is 1.88 bits per heavy atom. The van der Waals surface area contributed by atoms with Gasteiger partial charge in [0.05, 0.1) is 12.2 Å². The number of thiol groups is 1. The molecule has 1 N–H and O–H groups in total. The Kier molecular flexibility index (Phi) is 4.95. The number of carbonyl (C=O) groups excluding carboxylic acids is 4. The van der Waals surface area contributed by atoms with Crippen LogP contribution in [0.5, 0.6) is 0 Å². The summed E-state index contributed by atoms with van der Waals surface area (Å²) in [7, 11) is 0. The second-order valence-corrected chi connectivity index (χ2v) is 3.62. The van der Waals surface area contributed by atoms with Crippen molar-refractivity contribution < 1.29 is 24.0 Å². The maximum Gasteiger partial charge on any atom is 0.334 e. The Labute approximate surface area is 103 Å². The Morgan fingerprint density at radius 1 is 1.29 bits per heavy atom. The minimum absolute atomic E-state index is 0.0259. The predicted molar refractivity (Wildman–Crippen MR) is 58.7 cm³/mol. The number of nitrogens with one attached hydrogen (secondary N) is 1.